The Balaban J connectivity index is 1.69. The van der Waals surface area contributed by atoms with Gasteiger partial charge in [0.15, 0.2) is 29.0 Å². The van der Waals surface area contributed by atoms with E-state index in [2.05, 4.69) is 6.92 Å². The van der Waals surface area contributed by atoms with Crippen molar-refractivity contribution >= 4 is 0 Å². The molecule has 0 unspecified atom stereocenters. The van der Waals surface area contributed by atoms with Gasteiger partial charge in [-0.15, -0.1) is 0 Å². The molecular weight excluding hydrogens is 447 g/mol. The third kappa shape index (κ3) is 4.82. The molecule has 0 radical (unpaired) electrons. The van der Waals surface area contributed by atoms with Gasteiger partial charge in [0.2, 0.25) is 0 Å². The van der Waals surface area contributed by atoms with Crippen LogP contribution in [0.3, 0.4) is 0 Å². The fourth-order valence-electron chi connectivity index (χ4n) is 5.00. The lowest BCUT2D eigenvalue weighted by atomic mass is 9.77. The van der Waals surface area contributed by atoms with E-state index in [0.717, 1.165) is 37.8 Å². The summed E-state index contributed by atoms with van der Waals surface area (Å²) in [6, 6.07) is 9.28. The van der Waals surface area contributed by atoms with Crippen LogP contribution in [0.1, 0.15) is 62.5 Å². The molecule has 0 aromatic heterocycles. The second-order valence-electron chi connectivity index (χ2n) is 9.09. The minimum absolute atomic E-state index is 0.0342. The van der Waals surface area contributed by atoms with E-state index in [9.17, 15) is 17.6 Å². The largest absolute Gasteiger partial charge is 0.453 e. The summed E-state index contributed by atoms with van der Waals surface area (Å²) >= 11 is 0. The van der Waals surface area contributed by atoms with Gasteiger partial charge in [-0.05, 0) is 79.8 Å². The van der Waals surface area contributed by atoms with Gasteiger partial charge in [0.25, 0.3) is 0 Å². The number of benzene rings is 3. The standard InChI is InChI=1S/C28H27F5O/c1-3-6-17-9-11-18(12-10-17)25-21(29)13-16(2)28(27(25)33)34-24-8-5-4-7-20(24)19-14-22(30)26(32)23(31)15-19/h4-5,7-8,13-15,17-18H,3,6,9-12H2,1-2H3/t17-,18-. The molecule has 4 rings (SSSR count). The zero-order valence-electron chi connectivity index (χ0n) is 19.2. The van der Waals surface area contributed by atoms with Crippen molar-refractivity contribution in [2.45, 2.75) is 58.3 Å². The monoisotopic (exact) mass is 474 g/mol. The van der Waals surface area contributed by atoms with Crippen molar-refractivity contribution in [1.82, 2.24) is 0 Å². The van der Waals surface area contributed by atoms with Gasteiger partial charge < -0.3 is 4.74 Å². The van der Waals surface area contributed by atoms with Crippen molar-refractivity contribution in [2.24, 2.45) is 5.92 Å². The average Bonchev–Trinajstić information content (AvgIpc) is 2.81. The minimum Gasteiger partial charge on any atom is -0.453 e. The summed E-state index contributed by atoms with van der Waals surface area (Å²) in [7, 11) is 0. The molecule has 1 saturated carbocycles. The van der Waals surface area contributed by atoms with Gasteiger partial charge in [-0.1, -0.05) is 38.0 Å². The topological polar surface area (TPSA) is 9.23 Å². The first-order valence-electron chi connectivity index (χ1n) is 11.7. The molecule has 1 aliphatic carbocycles. The minimum atomic E-state index is -1.57. The predicted molar refractivity (Wildman–Crippen MR) is 123 cm³/mol. The van der Waals surface area contributed by atoms with Crippen molar-refractivity contribution in [3.63, 3.8) is 0 Å². The Bertz CT molecular complexity index is 1160. The zero-order chi connectivity index (χ0) is 24.4. The lowest BCUT2D eigenvalue weighted by molar-refractivity contribution is 0.298. The van der Waals surface area contributed by atoms with Crippen molar-refractivity contribution in [1.29, 1.82) is 0 Å². The number of rotatable bonds is 6. The van der Waals surface area contributed by atoms with Gasteiger partial charge in [0.1, 0.15) is 11.6 Å². The predicted octanol–water partition coefficient (Wildman–Crippen LogP) is 9.22. The fraction of sp³-hybridized carbons (Fsp3) is 0.357. The van der Waals surface area contributed by atoms with E-state index in [1.807, 2.05) is 0 Å². The molecule has 180 valence electrons. The summed E-state index contributed by atoms with van der Waals surface area (Å²) in [5, 5.41) is 0. The molecule has 0 spiro atoms. The number of para-hydroxylation sites is 1. The lowest BCUT2D eigenvalue weighted by Gasteiger charge is -2.29. The number of hydrogen-bond acceptors (Lipinski definition) is 1. The maximum atomic E-state index is 15.7. The lowest BCUT2D eigenvalue weighted by Crippen LogP contribution is -2.16. The van der Waals surface area contributed by atoms with Crippen LogP contribution in [0.5, 0.6) is 11.5 Å². The summed E-state index contributed by atoms with van der Waals surface area (Å²) in [6.07, 6.45) is 5.53. The Hall–Kier alpha value is -2.89. The van der Waals surface area contributed by atoms with Crippen LogP contribution in [-0.4, -0.2) is 0 Å². The molecule has 0 atom stereocenters. The number of halogens is 5. The molecule has 0 bridgehead atoms. The SMILES string of the molecule is CCC[C@H]1CC[C@H](c2c(F)cc(C)c(Oc3ccccc3-c3cc(F)c(F)c(F)c3)c2F)CC1. The fourth-order valence-corrected chi connectivity index (χ4v) is 5.00. The Morgan fingerprint density at radius 3 is 2.12 bits per heavy atom. The summed E-state index contributed by atoms with van der Waals surface area (Å²) in [6.45, 7) is 3.69. The van der Waals surface area contributed by atoms with Crippen molar-refractivity contribution in [2.75, 3.05) is 0 Å². The molecule has 3 aromatic carbocycles. The van der Waals surface area contributed by atoms with Crippen LogP contribution in [0.2, 0.25) is 0 Å². The van der Waals surface area contributed by atoms with E-state index in [4.69, 9.17) is 4.74 Å². The molecule has 0 amide bonds. The maximum Gasteiger partial charge on any atom is 0.194 e. The Morgan fingerprint density at radius 2 is 1.47 bits per heavy atom. The van der Waals surface area contributed by atoms with Gasteiger partial charge in [-0.2, -0.15) is 0 Å². The Kier molecular flexibility index (Phi) is 7.24. The molecule has 3 aromatic rings. The van der Waals surface area contributed by atoms with E-state index < -0.39 is 29.1 Å². The van der Waals surface area contributed by atoms with E-state index in [0.29, 0.717) is 18.8 Å². The quantitative estimate of drug-likeness (QED) is 0.256. The number of ether oxygens (including phenoxy) is 1. The smallest absolute Gasteiger partial charge is 0.194 e. The zero-order valence-corrected chi connectivity index (χ0v) is 19.2. The average molecular weight is 475 g/mol. The first-order chi connectivity index (χ1) is 16.3. The van der Waals surface area contributed by atoms with Crippen LogP contribution >= 0.6 is 0 Å². The van der Waals surface area contributed by atoms with Crippen LogP contribution in [0.4, 0.5) is 22.0 Å². The van der Waals surface area contributed by atoms with E-state index in [1.165, 1.54) is 18.2 Å². The third-order valence-electron chi connectivity index (χ3n) is 6.74. The van der Waals surface area contributed by atoms with Gasteiger partial charge in [0, 0.05) is 11.1 Å². The molecule has 0 aliphatic heterocycles. The first-order valence-corrected chi connectivity index (χ1v) is 11.7. The first kappa shape index (κ1) is 24.2. The molecule has 0 saturated heterocycles. The highest BCUT2D eigenvalue weighted by Crippen LogP contribution is 2.44. The highest BCUT2D eigenvalue weighted by molar-refractivity contribution is 5.71. The van der Waals surface area contributed by atoms with E-state index in [1.54, 1.807) is 19.1 Å². The van der Waals surface area contributed by atoms with Gasteiger partial charge in [-0.25, -0.2) is 22.0 Å². The molecule has 1 aliphatic rings. The van der Waals surface area contributed by atoms with Crippen LogP contribution in [0, 0.1) is 41.9 Å². The van der Waals surface area contributed by atoms with Gasteiger partial charge in [-0.3, -0.25) is 0 Å². The molecule has 0 N–H and O–H groups in total. The van der Waals surface area contributed by atoms with E-state index in [-0.39, 0.29) is 39.7 Å². The molecule has 0 heterocycles. The maximum absolute atomic E-state index is 15.7. The summed E-state index contributed by atoms with van der Waals surface area (Å²) in [4.78, 5) is 0. The van der Waals surface area contributed by atoms with Crippen LogP contribution in [0.15, 0.2) is 42.5 Å². The van der Waals surface area contributed by atoms with Crippen LogP contribution in [0.25, 0.3) is 11.1 Å². The Labute approximate surface area is 196 Å². The molecule has 1 fully saturated rings. The second-order valence-corrected chi connectivity index (χ2v) is 9.09. The van der Waals surface area contributed by atoms with E-state index >= 15 is 4.39 Å². The molecule has 6 heteroatoms. The van der Waals surface area contributed by atoms with Crippen molar-refractivity contribution in [3.8, 4) is 22.6 Å². The summed E-state index contributed by atoms with van der Waals surface area (Å²) in [5.41, 5.74) is 0.600. The summed E-state index contributed by atoms with van der Waals surface area (Å²) < 4.78 is 77.6. The van der Waals surface area contributed by atoms with Crippen molar-refractivity contribution in [3.05, 3.63) is 82.7 Å². The molecular formula is C28H27F5O. The highest BCUT2D eigenvalue weighted by atomic mass is 19.2. The van der Waals surface area contributed by atoms with Crippen molar-refractivity contribution < 1.29 is 26.7 Å². The van der Waals surface area contributed by atoms with Gasteiger partial charge >= 0.3 is 0 Å². The summed E-state index contributed by atoms with van der Waals surface area (Å²) in [5.74, 6) is -5.21. The van der Waals surface area contributed by atoms with Crippen LogP contribution in [-0.2, 0) is 0 Å². The highest BCUT2D eigenvalue weighted by Gasteiger charge is 2.29. The van der Waals surface area contributed by atoms with Crippen LogP contribution < -0.4 is 4.74 Å². The normalized spacial score (nSPS) is 18.2. The third-order valence-corrected chi connectivity index (χ3v) is 6.74. The Morgan fingerprint density at radius 1 is 0.824 bits per heavy atom. The molecule has 1 nitrogen and oxygen atoms in total. The molecule has 34 heavy (non-hydrogen) atoms. The second kappa shape index (κ2) is 10.2. The number of hydrogen-bond donors (Lipinski definition) is 0. The van der Waals surface area contributed by atoms with Gasteiger partial charge in [0.05, 0.1) is 0 Å². The number of aryl methyl sites for hydroxylation is 1.